The third-order valence-corrected chi connectivity index (χ3v) is 2.95. The van der Waals surface area contributed by atoms with Gasteiger partial charge in [0.2, 0.25) is 0 Å². The predicted molar refractivity (Wildman–Crippen MR) is 87.4 cm³/mol. The van der Waals surface area contributed by atoms with Gasteiger partial charge < -0.3 is 29.7 Å². The molecule has 0 aromatic rings. The number of hydrogen-bond donors (Lipinski definition) is 0. The Labute approximate surface area is 164 Å². The number of aliphatic carboxylic acids is 3. The normalized spacial score (nSPS) is 8.76. The van der Waals surface area contributed by atoms with Crippen molar-refractivity contribution >= 4 is 17.9 Å². The van der Waals surface area contributed by atoms with Crippen molar-refractivity contribution in [3.63, 3.8) is 0 Å². The first-order valence-corrected chi connectivity index (χ1v) is 8.91. The molecule has 0 aliphatic heterocycles. The van der Waals surface area contributed by atoms with Crippen molar-refractivity contribution in [1.29, 1.82) is 0 Å². The minimum Gasteiger partial charge on any atom is -0.550 e. The Hall–Kier alpha value is -1.01. The minimum absolute atomic E-state index is 0. The number of carbonyl (C=O) groups excluding carboxylic acids is 3. The second kappa shape index (κ2) is 27.8. The van der Waals surface area contributed by atoms with Crippen LogP contribution in [0.4, 0.5) is 0 Å². The zero-order chi connectivity index (χ0) is 19.2. The fourth-order valence-corrected chi connectivity index (χ4v) is 1.56. The number of carboxylic acids is 3. The monoisotopic (exact) mass is 396 g/mol. The maximum atomic E-state index is 9.76. The smallest absolute Gasteiger partial charge is 0.550 e. The Morgan fingerprint density at radius 3 is 0.840 bits per heavy atom. The first-order valence-electron chi connectivity index (χ1n) is 8.91. The Bertz CT molecular complexity index is 260. The minimum atomic E-state index is -0.932. The summed E-state index contributed by atoms with van der Waals surface area (Å²) in [5.41, 5.74) is 0. The summed E-state index contributed by atoms with van der Waals surface area (Å²) in [5.74, 6) is -2.80. The molecule has 0 N–H and O–H groups in total. The average molecular weight is 396 g/mol. The van der Waals surface area contributed by atoms with Gasteiger partial charge in [0.05, 0.1) is 0 Å². The zero-order valence-corrected chi connectivity index (χ0v) is 17.3. The van der Waals surface area contributed by atoms with Gasteiger partial charge in [-0.15, -0.1) is 0 Å². The van der Waals surface area contributed by atoms with Gasteiger partial charge >= 0.3 is 18.6 Å². The molecule has 0 amide bonds. The molecule has 0 rings (SSSR count). The van der Waals surface area contributed by atoms with Gasteiger partial charge in [-0.25, -0.2) is 0 Å². The number of carboxylic acid groups (broad SMARTS) is 3. The maximum Gasteiger partial charge on any atom is 3.00 e. The van der Waals surface area contributed by atoms with Crippen LogP contribution >= 0.6 is 0 Å². The van der Waals surface area contributed by atoms with E-state index in [2.05, 4.69) is 0 Å². The van der Waals surface area contributed by atoms with Gasteiger partial charge in [0.15, 0.2) is 0 Å². The summed E-state index contributed by atoms with van der Waals surface area (Å²) in [6.07, 6.45) is 9.11. The van der Waals surface area contributed by atoms with E-state index in [4.69, 9.17) is 0 Å². The maximum absolute atomic E-state index is 9.76. The summed E-state index contributed by atoms with van der Waals surface area (Å²) in [6, 6.07) is 0. The van der Waals surface area contributed by atoms with Gasteiger partial charge in [-0.05, 0) is 38.5 Å². The van der Waals surface area contributed by atoms with Crippen LogP contribution in [0, 0.1) is 0 Å². The number of unbranched alkanes of at least 4 members (excludes halogenated alkanes) is 6. The fraction of sp³-hybridized carbons (Fsp3) is 0.833. The topological polar surface area (TPSA) is 120 Å². The molecule has 0 atom stereocenters. The van der Waals surface area contributed by atoms with E-state index in [1.165, 1.54) is 0 Å². The van der Waals surface area contributed by atoms with Crippen LogP contribution in [0.25, 0.3) is 0 Å². The molecule has 0 aromatic heterocycles. The number of rotatable bonds is 12. The molecule has 0 unspecified atom stereocenters. The molecule has 0 aliphatic rings. The Morgan fingerprint density at radius 2 is 0.720 bits per heavy atom. The van der Waals surface area contributed by atoms with E-state index < -0.39 is 17.9 Å². The number of hydrogen-bond acceptors (Lipinski definition) is 6. The summed E-state index contributed by atoms with van der Waals surface area (Å²) < 4.78 is 0. The SMILES string of the molecule is CCCCCC(=O)[O-].CCCCCC(=O)[O-].CCCCCC(=O)[O-].[V+3]. The molecule has 0 spiro atoms. The van der Waals surface area contributed by atoms with Crippen LogP contribution in [-0.2, 0) is 32.9 Å². The molecule has 0 heterocycles. The van der Waals surface area contributed by atoms with Crippen molar-refractivity contribution in [2.75, 3.05) is 0 Å². The summed E-state index contributed by atoms with van der Waals surface area (Å²) in [6.45, 7) is 6.11. The Kier molecular flexibility index (Phi) is 35.3. The summed E-state index contributed by atoms with van der Waals surface area (Å²) in [4.78, 5) is 29.3. The molecule has 25 heavy (non-hydrogen) atoms. The van der Waals surface area contributed by atoms with Crippen LogP contribution in [0.15, 0.2) is 0 Å². The van der Waals surface area contributed by atoms with Gasteiger partial charge in [-0.3, -0.25) is 0 Å². The molecule has 0 fully saturated rings. The molecular weight excluding hydrogens is 363 g/mol. The van der Waals surface area contributed by atoms with E-state index in [1.54, 1.807) is 0 Å². The van der Waals surface area contributed by atoms with E-state index in [1.807, 2.05) is 20.8 Å². The van der Waals surface area contributed by atoms with Gasteiger partial charge in [0.1, 0.15) is 0 Å². The van der Waals surface area contributed by atoms with Gasteiger partial charge in [-0.1, -0.05) is 59.3 Å². The molecule has 146 valence electrons. The summed E-state index contributed by atoms with van der Waals surface area (Å²) in [5, 5.41) is 29.3. The molecule has 6 nitrogen and oxygen atoms in total. The fourth-order valence-electron chi connectivity index (χ4n) is 1.56. The van der Waals surface area contributed by atoms with Gasteiger partial charge in [0.25, 0.3) is 0 Å². The van der Waals surface area contributed by atoms with Crippen LogP contribution < -0.4 is 15.3 Å². The van der Waals surface area contributed by atoms with E-state index >= 15 is 0 Å². The molecular formula is C18H33O6V. The summed E-state index contributed by atoms with van der Waals surface area (Å²) >= 11 is 0. The molecule has 0 saturated heterocycles. The second-order valence-electron chi connectivity index (χ2n) is 5.49. The molecule has 7 heteroatoms. The van der Waals surface area contributed by atoms with Crippen LogP contribution in [0.5, 0.6) is 0 Å². The van der Waals surface area contributed by atoms with Crippen LogP contribution in [0.3, 0.4) is 0 Å². The Morgan fingerprint density at radius 1 is 0.520 bits per heavy atom. The van der Waals surface area contributed by atoms with Crippen molar-refractivity contribution in [3.8, 4) is 0 Å². The largest absolute Gasteiger partial charge is 3.00 e. The molecule has 0 radical (unpaired) electrons. The molecule has 0 saturated carbocycles. The second-order valence-corrected chi connectivity index (χ2v) is 5.49. The van der Waals surface area contributed by atoms with E-state index in [0.717, 1.165) is 57.8 Å². The van der Waals surface area contributed by atoms with E-state index in [0.29, 0.717) is 0 Å². The number of carbonyl (C=O) groups is 3. The predicted octanol–water partition coefficient (Wildman–Crippen LogP) is 0.947. The van der Waals surface area contributed by atoms with Crippen molar-refractivity contribution in [2.45, 2.75) is 97.8 Å². The molecule has 0 bridgehead atoms. The van der Waals surface area contributed by atoms with Crippen molar-refractivity contribution in [2.24, 2.45) is 0 Å². The standard InChI is InChI=1S/3C6H12O2.V/c3*1-2-3-4-5-6(7)8;/h3*2-5H2,1H3,(H,7,8);/q;;;+3/p-3. The van der Waals surface area contributed by atoms with E-state index in [9.17, 15) is 29.7 Å². The third kappa shape index (κ3) is 51.8. The zero-order valence-electron chi connectivity index (χ0n) is 15.9. The molecule has 0 aromatic carbocycles. The first kappa shape index (κ1) is 31.7. The average Bonchev–Trinajstić information content (AvgIpc) is 2.48. The van der Waals surface area contributed by atoms with Crippen LogP contribution in [0.1, 0.15) is 97.8 Å². The summed E-state index contributed by atoms with van der Waals surface area (Å²) in [7, 11) is 0. The molecule has 0 aliphatic carbocycles. The third-order valence-electron chi connectivity index (χ3n) is 2.95. The van der Waals surface area contributed by atoms with E-state index in [-0.39, 0.29) is 37.8 Å². The quantitative estimate of drug-likeness (QED) is 0.453. The van der Waals surface area contributed by atoms with Crippen molar-refractivity contribution < 1.29 is 48.3 Å². The Balaban J connectivity index is -0.000000130. The van der Waals surface area contributed by atoms with Crippen molar-refractivity contribution in [3.05, 3.63) is 0 Å². The van der Waals surface area contributed by atoms with Gasteiger partial charge in [0, 0.05) is 17.9 Å². The first-order chi connectivity index (χ1) is 11.3. The van der Waals surface area contributed by atoms with Crippen molar-refractivity contribution in [1.82, 2.24) is 0 Å². The van der Waals surface area contributed by atoms with Gasteiger partial charge in [-0.2, -0.15) is 0 Å². The van der Waals surface area contributed by atoms with Crippen LogP contribution in [-0.4, -0.2) is 17.9 Å². The van der Waals surface area contributed by atoms with Crippen LogP contribution in [0.2, 0.25) is 0 Å².